The van der Waals surface area contributed by atoms with E-state index in [1.165, 1.54) is 0 Å². The second kappa shape index (κ2) is 11.2. The summed E-state index contributed by atoms with van der Waals surface area (Å²) in [6, 6.07) is 14.4. The molecule has 0 radical (unpaired) electrons. The Morgan fingerprint density at radius 1 is 1.10 bits per heavy atom. The normalized spacial score (nSPS) is 12.6. The molecule has 0 aromatic heterocycles. The summed E-state index contributed by atoms with van der Waals surface area (Å²) < 4.78 is 11.0. The largest absolute Gasteiger partial charge is 0.497 e. The summed E-state index contributed by atoms with van der Waals surface area (Å²) in [5.41, 5.74) is 1.83. The van der Waals surface area contributed by atoms with Crippen molar-refractivity contribution in [2.24, 2.45) is 0 Å². The number of nitrogens with one attached hydrogen (secondary N) is 1. The van der Waals surface area contributed by atoms with Crippen LogP contribution in [0.15, 0.2) is 48.5 Å². The van der Waals surface area contributed by atoms with Gasteiger partial charge in [0.15, 0.2) is 6.61 Å². The Morgan fingerprint density at radius 2 is 1.83 bits per heavy atom. The number of carbonyl (C=O) groups is 2. The fourth-order valence-electron chi connectivity index (χ4n) is 2.96. The van der Waals surface area contributed by atoms with Gasteiger partial charge in [-0.15, -0.1) is 0 Å². The Balaban J connectivity index is 2.19. The van der Waals surface area contributed by atoms with Crippen LogP contribution in [0, 0.1) is 6.92 Å². The predicted molar refractivity (Wildman–Crippen MR) is 118 cm³/mol. The lowest BCUT2D eigenvalue weighted by Crippen LogP contribution is -2.50. The highest BCUT2D eigenvalue weighted by Crippen LogP contribution is 2.18. The average molecular weight is 413 g/mol. The highest BCUT2D eigenvalue weighted by molar-refractivity contribution is 5.88. The van der Waals surface area contributed by atoms with Gasteiger partial charge in [-0.1, -0.05) is 37.3 Å². The Bertz CT molecular complexity index is 853. The minimum Gasteiger partial charge on any atom is -0.497 e. The van der Waals surface area contributed by atoms with E-state index in [-0.39, 0.29) is 31.0 Å². The topological polar surface area (TPSA) is 67.9 Å². The first-order valence-electron chi connectivity index (χ1n) is 10.3. The summed E-state index contributed by atoms with van der Waals surface area (Å²) in [6.45, 7) is 7.75. The fourth-order valence-corrected chi connectivity index (χ4v) is 2.96. The van der Waals surface area contributed by atoms with Crippen LogP contribution in [-0.4, -0.2) is 42.5 Å². The molecule has 0 fully saturated rings. The van der Waals surface area contributed by atoms with Crippen molar-refractivity contribution in [1.29, 1.82) is 0 Å². The van der Waals surface area contributed by atoms with Gasteiger partial charge in [-0.2, -0.15) is 0 Å². The fraction of sp³-hybridized carbons (Fsp3) is 0.417. The zero-order valence-corrected chi connectivity index (χ0v) is 18.5. The predicted octanol–water partition coefficient (Wildman–Crippen LogP) is 3.71. The third kappa shape index (κ3) is 6.51. The van der Waals surface area contributed by atoms with Gasteiger partial charge in [0.05, 0.1) is 7.11 Å². The highest BCUT2D eigenvalue weighted by atomic mass is 16.5. The zero-order valence-electron chi connectivity index (χ0n) is 18.5. The van der Waals surface area contributed by atoms with Crippen LogP contribution in [0.5, 0.6) is 11.5 Å². The average Bonchev–Trinajstić information content (AvgIpc) is 2.76. The van der Waals surface area contributed by atoms with Crippen LogP contribution in [0.2, 0.25) is 0 Å². The smallest absolute Gasteiger partial charge is 0.261 e. The van der Waals surface area contributed by atoms with Crippen molar-refractivity contribution in [3.63, 3.8) is 0 Å². The molecule has 0 heterocycles. The van der Waals surface area contributed by atoms with Gasteiger partial charge in [-0.25, -0.2) is 0 Å². The molecule has 0 aliphatic heterocycles. The first-order chi connectivity index (χ1) is 14.3. The van der Waals surface area contributed by atoms with E-state index in [2.05, 4.69) is 5.32 Å². The van der Waals surface area contributed by atoms with Crippen molar-refractivity contribution in [1.82, 2.24) is 10.2 Å². The summed E-state index contributed by atoms with van der Waals surface area (Å²) in [5.74, 6) is 0.918. The maximum absolute atomic E-state index is 13.1. The molecular weight excluding hydrogens is 380 g/mol. The molecule has 2 rings (SSSR count). The van der Waals surface area contributed by atoms with E-state index in [4.69, 9.17) is 9.47 Å². The molecule has 0 aliphatic carbocycles. The molecular formula is C24H32N2O4. The Labute approximate surface area is 179 Å². The lowest BCUT2D eigenvalue weighted by Gasteiger charge is -2.29. The van der Waals surface area contributed by atoms with Crippen LogP contribution in [0.1, 0.15) is 38.3 Å². The zero-order chi connectivity index (χ0) is 22.1. The standard InChI is InChI=1S/C24H32N2O4/c1-6-18(3)25-24(28)19(4)26(15-20-11-9-12-21(14-20)29-5)23(27)16-30-22-13-8-7-10-17(22)2/h7-14,18-19H,6,15-16H2,1-5H3,(H,25,28). The van der Waals surface area contributed by atoms with Crippen molar-refractivity contribution in [3.8, 4) is 11.5 Å². The molecule has 6 heteroatoms. The Morgan fingerprint density at radius 3 is 2.50 bits per heavy atom. The molecule has 2 atom stereocenters. The van der Waals surface area contributed by atoms with E-state index in [9.17, 15) is 9.59 Å². The molecule has 0 saturated heterocycles. The quantitative estimate of drug-likeness (QED) is 0.646. The first kappa shape index (κ1) is 23.3. The number of hydrogen-bond acceptors (Lipinski definition) is 4. The summed E-state index contributed by atoms with van der Waals surface area (Å²) in [6.07, 6.45) is 0.818. The molecule has 30 heavy (non-hydrogen) atoms. The maximum Gasteiger partial charge on any atom is 0.261 e. The first-order valence-corrected chi connectivity index (χ1v) is 10.3. The molecule has 2 amide bonds. The summed E-state index contributed by atoms with van der Waals surface area (Å²) in [4.78, 5) is 27.4. The maximum atomic E-state index is 13.1. The molecule has 6 nitrogen and oxygen atoms in total. The minimum absolute atomic E-state index is 0.0388. The number of methoxy groups -OCH3 is 1. The van der Waals surface area contributed by atoms with Crippen LogP contribution in [0.3, 0.4) is 0 Å². The summed E-state index contributed by atoms with van der Waals surface area (Å²) in [7, 11) is 1.60. The molecule has 0 aliphatic rings. The van der Waals surface area contributed by atoms with Crippen molar-refractivity contribution in [3.05, 3.63) is 59.7 Å². The number of ether oxygens (including phenoxy) is 2. The third-order valence-corrected chi connectivity index (χ3v) is 5.10. The van der Waals surface area contributed by atoms with Gasteiger partial charge in [-0.3, -0.25) is 9.59 Å². The number of nitrogens with zero attached hydrogens (tertiary/aromatic N) is 1. The van der Waals surface area contributed by atoms with Gasteiger partial charge in [0.2, 0.25) is 5.91 Å². The van der Waals surface area contributed by atoms with Gasteiger partial charge in [0.25, 0.3) is 5.91 Å². The lowest BCUT2D eigenvalue weighted by molar-refractivity contribution is -0.142. The van der Waals surface area contributed by atoms with Crippen LogP contribution < -0.4 is 14.8 Å². The molecule has 0 bridgehead atoms. The number of rotatable bonds is 10. The minimum atomic E-state index is -0.641. The number of hydrogen-bond donors (Lipinski definition) is 1. The summed E-state index contributed by atoms with van der Waals surface area (Å²) >= 11 is 0. The van der Waals surface area contributed by atoms with Crippen molar-refractivity contribution < 1.29 is 19.1 Å². The monoisotopic (exact) mass is 412 g/mol. The van der Waals surface area contributed by atoms with E-state index < -0.39 is 6.04 Å². The second-order valence-electron chi connectivity index (χ2n) is 7.42. The number of amides is 2. The lowest BCUT2D eigenvalue weighted by atomic mass is 10.1. The summed E-state index contributed by atoms with van der Waals surface area (Å²) in [5, 5.41) is 2.96. The number of para-hydroxylation sites is 1. The number of aryl methyl sites for hydroxylation is 1. The van der Waals surface area contributed by atoms with Crippen LogP contribution in [-0.2, 0) is 16.1 Å². The Hall–Kier alpha value is -3.02. The van der Waals surface area contributed by atoms with Crippen LogP contribution in [0.4, 0.5) is 0 Å². The van der Waals surface area contributed by atoms with Gasteiger partial charge < -0.3 is 19.7 Å². The van der Waals surface area contributed by atoms with E-state index in [0.717, 1.165) is 17.5 Å². The molecule has 162 valence electrons. The highest BCUT2D eigenvalue weighted by Gasteiger charge is 2.27. The molecule has 0 saturated carbocycles. The second-order valence-corrected chi connectivity index (χ2v) is 7.42. The van der Waals surface area contributed by atoms with E-state index in [1.807, 2.05) is 69.3 Å². The van der Waals surface area contributed by atoms with Crippen molar-refractivity contribution in [2.45, 2.75) is 52.7 Å². The van der Waals surface area contributed by atoms with Gasteiger partial charge in [-0.05, 0) is 56.5 Å². The van der Waals surface area contributed by atoms with E-state index in [0.29, 0.717) is 11.5 Å². The van der Waals surface area contributed by atoms with E-state index >= 15 is 0 Å². The molecule has 2 unspecified atom stereocenters. The van der Waals surface area contributed by atoms with Crippen molar-refractivity contribution >= 4 is 11.8 Å². The molecule has 1 N–H and O–H groups in total. The van der Waals surface area contributed by atoms with Crippen LogP contribution in [0.25, 0.3) is 0 Å². The third-order valence-electron chi connectivity index (χ3n) is 5.10. The molecule has 0 spiro atoms. The van der Waals surface area contributed by atoms with Crippen molar-refractivity contribution in [2.75, 3.05) is 13.7 Å². The molecule has 2 aromatic carbocycles. The van der Waals surface area contributed by atoms with Gasteiger partial charge in [0, 0.05) is 12.6 Å². The van der Waals surface area contributed by atoms with Crippen LogP contribution >= 0.6 is 0 Å². The SMILES string of the molecule is CCC(C)NC(=O)C(C)N(Cc1cccc(OC)c1)C(=O)COc1ccccc1C. The van der Waals surface area contributed by atoms with Gasteiger partial charge >= 0.3 is 0 Å². The van der Waals surface area contributed by atoms with Gasteiger partial charge in [0.1, 0.15) is 17.5 Å². The Kier molecular flexibility index (Phi) is 8.71. The molecule has 2 aromatic rings. The van der Waals surface area contributed by atoms with E-state index in [1.54, 1.807) is 18.9 Å². The number of carbonyl (C=O) groups excluding carboxylic acids is 2. The number of benzene rings is 2.